The number of carbonyl (C=O) groups is 1. The SMILES string of the molecule is O=C(NC1CN2CC[C@H]1C2)c1ccc(Oc2cc(Cl)co2)cc1. The highest BCUT2D eigenvalue weighted by atomic mass is 35.5. The summed E-state index contributed by atoms with van der Waals surface area (Å²) in [6.45, 7) is 3.25. The number of carbonyl (C=O) groups excluding carboxylic acids is 1. The fourth-order valence-electron chi connectivity index (χ4n) is 3.34. The van der Waals surface area contributed by atoms with E-state index in [1.807, 2.05) is 0 Å². The Balaban J connectivity index is 1.38. The van der Waals surface area contributed by atoms with Gasteiger partial charge in [-0.2, -0.15) is 0 Å². The van der Waals surface area contributed by atoms with Crippen molar-refractivity contribution in [1.82, 2.24) is 10.2 Å². The van der Waals surface area contributed by atoms with Crippen LogP contribution in [0, 0.1) is 5.92 Å². The van der Waals surface area contributed by atoms with Crippen LogP contribution in [0.2, 0.25) is 5.02 Å². The number of benzene rings is 1. The molecule has 2 saturated heterocycles. The Bertz CT molecular complexity index is 713. The van der Waals surface area contributed by atoms with E-state index in [4.69, 9.17) is 20.8 Å². The Morgan fingerprint density at radius 2 is 2.13 bits per heavy atom. The molecule has 1 amide bonds. The first-order valence-electron chi connectivity index (χ1n) is 7.72. The number of hydrogen-bond acceptors (Lipinski definition) is 4. The highest BCUT2D eigenvalue weighted by Gasteiger charge is 2.38. The second kappa shape index (κ2) is 5.91. The minimum Gasteiger partial charge on any atom is -0.432 e. The van der Waals surface area contributed by atoms with Crippen molar-refractivity contribution in [1.29, 1.82) is 0 Å². The molecule has 2 aliphatic rings. The number of furan rings is 1. The maximum absolute atomic E-state index is 12.3. The van der Waals surface area contributed by atoms with Gasteiger partial charge in [-0.3, -0.25) is 4.79 Å². The van der Waals surface area contributed by atoms with E-state index < -0.39 is 0 Å². The minimum atomic E-state index is -0.0312. The fourth-order valence-corrected chi connectivity index (χ4v) is 3.47. The highest BCUT2D eigenvalue weighted by Crippen LogP contribution is 2.28. The molecule has 0 radical (unpaired) electrons. The molecular weight excluding hydrogens is 316 g/mol. The molecule has 0 saturated carbocycles. The summed E-state index contributed by atoms with van der Waals surface area (Å²) in [5.74, 6) is 1.49. The molecular formula is C17H17ClN2O3. The fraction of sp³-hybridized carbons (Fsp3) is 0.353. The van der Waals surface area contributed by atoms with Gasteiger partial charge in [0, 0.05) is 30.8 Å². The van der Waals surface area contributed by atoms with Crippen LogP contribution in [0.1, 0.15) is 16.8 Å². The molecule has 1 aromatic heterocycles. The van der Waals surface area contributed by atoms with E-state index >= 15 is 0 Å². The van der Waals surface area contributed by atoms with Gasteiger partial charge in [-0.15, -0.1) is 0 Å². The number of ether oxygens (including phenoxy) is 1. The molecule has 0 spiro atoms. The summed E-state index contributed by atoms with van der Waals surface area (Å²) in [5.41, 5.74) is 0.632. The minimum absolute atomic E-state index is 0.0312. The van der Waals surface area contributed by atoms with Gasteiger partial charge in [0.15, 0.2) is 0 Å². The molecule has 3 atom stereocenters. The van der Waals surface area contributed by atoms with Crippen molar-refractivity contribution in [3.8, 4) is 11.7 Å². The highest BCUT2D eigenvalue weighted by molar-refractivity contribution is 6.30. The molecule has 1 aromatic carbocycles. The molecule has 120 valence electrons. The lowest BCUT2D eigenvalue weighted by Crippen LogP contribution is -2.43. The van der Waals surface area contributed by atoms with Gasteiger partial charge in [-0.05, 0) is 43.1 Å². The largest absolute Gasteiger partial charge is 0.432 e. The van der Waals surface area contributed by atoms with Crippen LogP contribution in [0.3, 0.4) is 0 Å². The number of amides is 1. The third kappa shape index (κ3) is 3.07. The van der Waals surface area contributed by atoms with Crippen LogP contribution in [0.5, 0.6) is 11.7 Å². The third-order valence-corrected chi connectivity index (χ3v) is 4.73. The van der Waals surface area contributed by atoms with Crippen LogP contribution in [0.25, 0.3) is 0 Å². The van der Waals surface area contributed by atoms with Gasteiger partial charge in [0.25, 0.3) is 11.9 Å². The zero-order valence-corrected chi connectivity index (χ0v) is 13.3. The Labute approximate surface area is 139 Å². The van der Waals surface area contributed by atoms with Crippen LogP contribution in [0.4, 0.5) is 0 Å². The quantitative estimate of drug-likeness (QED) is 0.934. The lowest BCUT2D eigenvalue weighted by atomic mass is 9.99. The lowest BCUT2D eigenvalue weighted by molar-refractivity contribution is 0.0924. The van der Waals surface area contributed by atoms with Gasteiger partial charge in [0.1, 0.15) is 12.0 Å². The number of piperidine rings is 1. The number of rotatable bonds is 4. The summed E-state index contributed by atoms with van der Waals surface area (Å²) in [7, 11) is 0. The molecule has 1 N–H and O–H groups in total. The van der Waals surface area contributed by atoms with Crippen molar-refractivity contribution in [2.45, 2.75) is 12.5 Å². The van der Waals surface area contributed by atoms with Crippen LogP contribution < -0.4 is 10.1 Å². The smallest absolute Gasteiger partial charge is 0.291 e. The molecule has 23 heavy (non-hydrogen) atoms. The maximum atomic E-state index is 12.3. The zero-order valence-electron chi connectivity index (χ0n) is 12.5. The molecule has 6 heteroatoms. The summed E-state index contributed by atoms with van der Waals surface area (Å²) in [6.07, 6.45) is 2.59. The first kappa shape index (κ1) is 14.6. The topological polar surface area (TPSA) is 54.7 Å². The van der Waals surface area contributed by atoms with E-state index in [0.29, 0.717) is 28.2 Å². The Morgan fingerprint density at radius 3 is 2.74 bits per heavy atom. The van der Waals surface area contributed by atoms with Gasteiger partial charge in [0.05, 0.1) is 5.02 Å². The Kier molecular flexibility index (Phi) is 3.75. The lowest BCUT2D eigenvalue weighted by Gasteiger charge is -2.23. The van der Waals surface area contributed by atoms with E-state index in [9.17, 15) is 4.79 Å². The molecule has 5 nitrogen and oxygen atoms in total. The predicted octanol–water partition coefficient (Wildman–Crippen LogP) is 3.16. The molecule has 3 heterocycles. The summed E-state index contributed by atoms with van der Waals surface area (Å²) >= 11 is 5.77. The first-order chi connectivity index (χ1) is 11.2. The summed E-state index contributed by atoms with van der Waals surface area (Å²) in [6, 6.07) is 8.86. The van der Waals surface area contributed by atoms with E-state index in [2.05, 4.69) is 10.2 Å². The Morgan fingerprint density at radius 1 is 1.30 bits per heavy atom. The van der Waals surface area contributed by atoms with Gasteiger partial charge >= 0.3 is 0 Å². The average Bonchev–Trinajstić information content (AvgIpc) is 3.25. The Hall–Kier alpha value is -1.98. The van der Waals surface area contributed by atoms with E-state index in [1.165, 1.54) is 19.2 Å². The first-order valence-corrected chi connectivity index (χ1v) is 8.10. The van der Waals surface area contributed by atoms with Crippen LogP contribution in [0.15, 0.2) is 41.0 Å². The molecule has 4 rings (SSSR count). The van der Waals surface area contributed by atoms with Gasteiger partial charge in [-0.25, -0.2) is 0 Å². The molecule has 2 fully saturated rings. The van der Waals surface area contributed by atoms with Gasteiger partial charge < -0.3 is 19.4 Å². The summed E-state index contributed by atoms with van der Waals surface area (Å²) < 4.78 is 10.6. The van der Waals surface area contributed by atoms with Crippen molar-refractivity contribution in [3.63, 3.8) is 0 Å². The maximum Gasteiger partial charge on any atom is 0.291 e. The number of fused-ring (bicyclic) bond motifs is 2. The van der Waals surface area contributed by atoms with Crippen molar-refractivity contribution in [2.75, 3.05) is 19.6 Å². The van der Waals surface area contributed by atoms with E-state index in [0.717, 1.165) is 13.1 Å². The molecule has 2 aromatic rings. The normalized spacial score (nSPS) is 25.5. The standard InChI is InChI=1S/C17H17ClN2O3/c18-13-7-16(22-10-13)23-14-3-1-11(2-4-14)17(21)19-15-9-20-6-5-12(15)8-20/h1-4,7,10,12,15H,5-6,8-9H2,(H,19,21)/t12-,15?/m0/s1. The summed E-state index contributed by atoms with van der Waals surface area (Å²) in [4.78, 5) is 14.7. The van der Waals surface area contributed by atoms with Crippen LogP contribution >= 0.6 is 11.6 Å². The monoisotopic (exact) mass is 332 g/mol. The van der Waals surface area contributed by atoms with Crippen molar-refractivity contribution < 1.29 is 13.9 Å². The zero-order chi connectivity index (χ0) is 15.8. The van der Waals surface area contributed by atoms with Crippen molar-refractivity contribution in [3.05, 3.63) is 47.2 Å². The van der Waals surface area contributed by atoms with Gasteiger partial charge in [0.2, 0.25) is 0 Å². The average molecular weight is 333 g/mol. The van der Waals surface area contributed by atoms with E-state index in [1.54, 1.807) is 30.3 Å². The van der Waals surface area contributed by atoms with Gasteiger partial charge in [-0.1, -0.05) is 11.6 Å². The second-order valence-corrected chi connectivity index (χ2v) is 6.54. The molecule has 0 aliphatic carbocycles. The number of nitrogens with one attached hydrogen (secondary N) is 1. The molecule has 2 unspecified atom stereocenters. The van der Waals surface area contributed by atoms with Crippen molar-refractivity contribution in [2.24, 2.45) is 5.92 Å². The second-order valence-electron chi connectivity index (χ2n) is 6.10. The number of hydrogen-bond donors (Lipinski definition) is 1. The molecule has 2 aliphatic heterocycles. The number of nitrogens with zero attached hydrogens (tertiary/aromatic N) is 1. The summed E-state index contributed by atoms with van der Waals surface area (Å²) in [5, 5.41) is 3.63. The number of halogens is 1. The molecule has 2 bridgehead atoms. The van der Waals surface area contributed by atoms with Crippen molar-refractivity contribution >= 4 is 17.5 Å². The van der Waals surface area contributed by atoms with E-state index in [-0.39, 0.29) is 11.9 Å². The van der Waals surface area contributed by atoms with Crippen LogP contribution in [-0.4, -0.2) is 36.5 Å². The predicted molar refractivity (Wildman–Crippen MR) is 86.0 cm³/mol. The third-order valence-electron chi connectivity index (χ3n) is 4.53. The van der Waals surface area contributed by atoms with Crippen LogP contribution in [-0.2, 0) is 0 Å².